The Balaban J connectivity index is 2.04. The number of aryl methyl sites for hydroxylation is 3. The van der Waals surface area contributed by atoms with Crippen LogP contribution in [0.1, 0.15) is 29.4 Å². The van der Waals surface area contributed by atoms with Crippen molar-refractivity contribution in [1.82, 2.24) is 20.3 Å². The van der Waals surface area contributed by atoms with Gasteiger partial charge in [0.25, 0.3) is 5.56 Å². The van der Waals surface area contributed by atoms with Crippen molar-refractivity contribution < 1.29 is 9.53 Å². The molecule has 2 rings (SSSR count). The third-order valence-corrected chi connectivity index (χ3v) is 4.56. The van der Waals surface area contributed by atoms with E-state index >= 15 is 0 Å². The van der Waals surface area contributed by atoms with E-state index in [0.717, 1.165) is 16.8 Å². The Labute approximate surface area is 150 Å². The molecule has 25 heavy (non-hydrogen) atoms. The summed E-state index contributed by atoms with van der Waals surface area (Å²) in [5.41, 5.74) is 3.11. The summed E-state index contributed by atoms with van der Waals surface area (Å²) in [6.45, 7) is 7.68. The highest BCUT2D eigenvalue weighted by Gasteiger charge is 2.17. The van der Waals surface area contributed by atoms with Crippen LogP contribution in [0.5, 0.6) is 5.88 Å². The largest absolute Gasteiger partial charge is 0.481 e. The maximum absolute atomic E-state index is 12.4. The minimum Gasteiger partial charge on any atom is -0.481 e. The third kappa shape index (κ3) is 5.06. The Morgan fingerprint density at radius 3 is 2.60 bits per heavy atom. The first-order valence-electron chi connectivity index (χ1n) is 7.83. The second kappa shape index (κ2) is 8.15. The molecule has 0 aliphatic heterocycles. The summed E-state index contributed by atoms with van der Waals surface area (Å²) in [6.07, 6.45) is 0. The van der Waals surface area contributed by atoms with Crippen LogP contribution >= 0.6 is 11.8 Å². The van der Waals surface area contributed by atoms with Gasteiger partial charge in [-0.2, -0.15) is 0 Å². The van der Waals surface area contributed by atoms with Gasteiger partial charge < -0.3 is 15.0 Å². The number of aromatic amines is 1. The van der Waals surface area contributed by atoms with E-state index in [1.807, 2.05) is 19.9 Å². The smallest absolute Gasteiger partial charge is 0.251 e. The molecule has 8 heteroatoms. The lowest BCUT2D eigenvalue weighted by atomic mass is 10.1. The van der Waals surface area contributed by atoms with E-state index in [1.54, 1.807) is 21.0 Å². The van der Waals surface area contributed by atoms with Crippen LogP contribution in [0.3, 0.4) is 0 Å². The lowest BCUT2D eigenvalue weighted by Gasteiger charge is -2.15. The molecule has 0 bridgehead atoms. The minimum atomic E-state index is -0.408. The zero-order valence-electron chi connectivity index (χ0n) is 15.0. The molecule has 134 valence electrons. The van der Waals surface area contributed by atoms with Gasteiger partial charge >= 0.3 is 0 Å². The summed E-state index contributed by atoms with van der Waals surface area (Å²) in [6, 6.07) is 3.36. The van der Waals surface area contributed by atoms with Crippen molar-refractivity contribution in [1.29, 1.82) is 0 Å². The number of hydrogen-bond donors (Lipinski definition) is 2. The molecule has 0 aliphatic carbocycles. The fourth-order valence-electron chi connectivity index (χ4n) is 2.36. The summed E-state index contributed by atoms with van der Waals surface area (Å²) >= 11 is 1.21. The van der Waals surface area contributed by atoms with Crippen molar-refractivity contribution >= 4 is 17.7 Å². The summed E-state index contributed by atoms with van der Waals surface area (Å²) in [4.78, 5) is 35.0. The minimum absolute atomic E-state index is 0.156. The lowest BCUT2D eigenvalue weighted by molar-refractivity contribution is -0.120. The number of rotatable bonds is 6. The Morgan fingerprint density at radius 1 is 1.28 bits per heavy atom. The molecule has 0 aromatic carbocycles. The quantitative estimate of drug-likeness (QED) is 0.602. The zero-order chi connectivity index (χ0) is 18.6. The standard InChI is InChI=1S/C17H22N4O3S/c1-9-6-10(2)19-16(24-5)13(9)8-18-15(23)12(4)25-17-20-11(3)7-14(22)21-17/h6-7,12H,8H2,1-5H3,(H,18,23)(H,20,21,22)/t12-/m1/s1. The zero-order valence-corrected chi connectivity index (χ0v) is 15.8. The van der Waals surface area contributed by atoms with Gasteiger partial charge in [-0.05, 0) is 39.3 Å². The molecular weight excluding hydrogens is 340 g/mol. The molecule has 0 fully saturated rings. The van der Waals surface area contributed by atoms with Gasteiger partial charge in [0, 0.05) is 29.6 Å². The van der Waals surface area contributed by atoms with Gasteiger partial charge in [-0.25, -0.2) is 9.97 Å². The summed E-state index contributed by atoms with van der Waals surface area (Å²) < 4.78 is 5.30. The number of thioether (sulfide) groups is 1. The number of ether oxygens (including phenoxy) is 1. The van der Waals surface area contributed by atoms with Crippen molar-refractivity contribution in [2.24, 2.45) is 0 Å². The van der Waals surface area contributed by atoms with E-state index in [4.69, 9.17) is 4.74 Å². The average molecular weight is 362 g/mol. The maximum Gasteiger partial charge on any atom is 0.251 e. The number of carbonyl (C=O) groups excluding carboxylic acids is 1. The second-order valence-electron chi connectivity index (χ2n) is 5.74. The normalized spacial score (nSPS) is 11.9. The first-order chi connectivity index (χ1) is 11.8. The number of pyridine rings is 1. The summed E-state index contributed by atoms with van der Waals surface area (Å²) in [5, 5.41) is 2.91. The van der Waals surface area contributed by atoms with Gasteiger partial charge in [0.05, 0.1) is 12.4 Å². The molecule has 2 heterocycles. The predicted molar refractivity (Wildman–Crippen MR) is 97.0 cm³/mol. The molecule has 7 nitrogen and oxygen atoms in total. The van der Waals surface area contributed by atoms with E-state index in [9.17, 15) is 9.59 Å². The number of H-pyrrole nitrogens is 1. The molecule has 0 spiro atoms. The van der Waals surface area contributed by atoms with Crippen LogP contribution in [0.25, 0.3) is 0 Å². The first-order valence-corrected chi connectivity index (χ1v) is 8.71. The molecule has 2 aromatic heterocycles. The second-order valence-corrected chi connectivity index (χ2v) is 7.07. The van der Waals surface area contributed by atoms with Crippen molar-refractivity contribution in [3.63, 3.8) is 0 Å². The highest BCUT2D eigenvalue weighted by Crippen LogP contribution is 2.22. The molecule has 0 unspecified atom stereocenters. The number of nitrogens with zero attached hydrogens (tertiary/aromatic N) is 2. The maximum atomic E-state index is 12.4. The van der Waals surface area contributed by atoms with Crippen LogP contribution in [0.2, 0.25) is 0 Å². The van der Waals surface area contributed by atoms with E-state index in [2.05, 4.69) is 20.3 Å². The Bertz CT molecular complexity index is 835. The van der Waals surface area contributed by atoms with Crippen LogP contribution in [0.15, 0.2) is 22.1 Å². The molecule has 2 aromatic rings. The first kappa shape index (κ1) is 19.0. The van der Waals surface area contributed by atoms with Crippen LogP contribution in [0, 0.1) is 20.8 Å². The fourth-order valence-corrected chi connectivity index (χ4v) is 3.24. The van der Waals surface area contributed by atoms with E-state index < -0.39 is 5.25 Å². The predicted octanol–water partition coefficient (Wildman–Crippen LogP) is 1.90. The van der Waals surface area contributed by atoms with Crippen molar-refractivity contribution in [2.75, 3.05) is 7.11 Å². The Kier molecular flexibility index (Phi) is 6.19. The summed E-state index contributed by atoms with van der Waals surface area (Å²) in [5.74, 6) is 0.360. The van der Waals surface area contributed by atoms with E-state index in [-0.39, 0.29) is 11.5 Å². The van der Waals surface area contributed by atoms with Gasteiger partial charge in [-0.1, -0.05) is 11.8 Å². The van der Waals surface area contributed by atoms with E-state index in [0.29, 0.717) is 23.3 Å². The molecule has 1 atom stereocenters. The van der Waals surface area contributed by atoms with Crippen molar-refractivity contribution in [3.05, 3.63) is 45.0 Å². The number of hydrogen-bond acceptors (Lipinski definition) is 6. The van der Waals surface area contributed by atoms with Gasteiger partial charge in [-0.3, -0.25) is 9.59 Å². The third-order valence-electron chi connectivity index (χ3n) is 3.58. The van der Waals surface area contributed by atoms with Crippen LogP contribution in [0.4, 0.5) is 0 Å². The highest BCUT2D eigenvalue weighted by atomic mass is 32.2. The molecular formula is C17H22N4O3S. The number of methoxy groups -OCH3 is 1. The van der Waals surface area contributed by atoms with Crippen LogP contribution in [-0.2, 0) is 11.3 Å². The van der Waals surface area contributed by atoms with Gasteiger partial charge in [0.15, 0.2) is 5.16 Å². The van der Waals surface area contributed by atoms with Gasteiger partial charge in [0.1, 0.15) is 0 Å². The van der Waals surface area contributed by atoms with Crippen molar-refractivity contribution in [2.45, 2.75) is 44.6 Å². The highest BCUT2D eigenvalue weighted by molar-refractivity contribution is 8.00. The SMILES string of the molecule is COc1nc(C)cc(C)c1CNC(=O)[C@@H](C)Sc1nc(C)cc(=O)[nH]1. The Morgan fingerprint density at radius 2 is 1.96 bits per heavy atom. The summed E-state index contributed by atoms with van der Waals surface area (Å²) in [7, 11) is 1.56. The van der Waals surface area contributed by atoms with Gasteiger partial charge in [-0.15, -0.1) is 0 Å². The lowest BCUT2D eigenvalue weighted by Crippen LogP contribution is -2.31. The monoisotopic (exact) mass is 362 g/mol. The molecule has 1 amide bonds. The number of carbonyl (C=O) groups is 1. The average Bonchev–Trinajstić information content (AvgIpc) is 2.51. The molecule has 0 saturated heterocycles. The molecule has 0 saturated carbocycles. The fraction of sp³-hybridized carbons (Fsp3) is 0.412. The Hall–Kier alpha value is -2.35. The number of amides is 1. The number of nitrogens with one attached hydrogen (secondary N) is 2. The molecule has 0 aliphatic rings. The molecule has 2 N–H and O–H groups in total. The van der Waals surface area contributed by atoms with Crippen LogP contribution in [-0.4, -0.2) is 33.2 Å². The molecule has 0 radical (unpaired) electrons. The van der Waals surface area contributed by atoms with Crippen LogP contribution < -0.4 is 15.6 Å². The van der Waals surface area contributed by atoms with Gasteiger partial charge in [0.2, 0.25) is 11.8 Å². The number of aromatic nitrogens is 3. The topological polar surface area (TPSA) is 97.0 Å². The van der Waals surface area contributed by atoms with Crippen molar-refractivity contribution in [3.8, 4) is 5.88 Å². The van der Waals surface area contributed by atoms with E-state index in [1.165, 1.54) is 17.8 Å².